The molecule has 8 nitrogen and oxygen atoms in total. The van der Waals surface area contributed by atoms with E-state index in [1.807, 2.05) is 0 Å². The van der Waals surface area contributed by atoms with Crippen molar-refractivity contribution < 1.29 is 18.1 Å². The summed E-state index contributed by atoms with van der Waals surface area (Å²) in [7, 11) is -3.83. The van der Waals surface area contributed by atoms with Crippen LogP contribution in [0.25, 0.3) is 0 Å². The highest BCUT2D eigenvalue weighted by Gasteiger charge is 2.37. The molecule has 9 heteroatoms. The SMILES string of the molecule is O=[N+]([O-])c1ccc(N2CC3CC=CCC3C2)c(S(=O)(=O)N2CCOCC2)c1. The van der Waals surface area contributed by atoms with Gasteiger partial charge in [-0.1, -0.05) is 12.2 Å². The Bertz CT molecular complexity index is 848. The second-order valence-electron chi connectivity index (χ2n) is 7.29. The second kappa shape index (κ2) is 7.21. The summed E-state index contributed by atoms with van der Waals surface area (Å²) < 4.78 is 33.1. The fourth-order valence-electron chi connectivity index (χ4n) is 4.22. The molecule has 1 aromatic carbocycles. The van der Waals surface area contributed by atoms with E-state index in [4.69, 9.17) is 4.74 Å². The lowest BCUT2D eigenvalue weighted by atomic mass is 9.86. The Balaban J connectivity index is 1.72. The molecule has 2 atom stereocenters. The van der Waals surface area contributed by atoms with Crippen LogP contribution in [0.5, 0.6) is 0 Å². The molecule has 27 heavy (non-hydrogen) atoms. The Morgan fingerprint density at radius 2 is 1.70 bits per heavy atom. The second-order valence-corrected chi connectivity index (χ2v) is 9.20. The molecule has 0 spiro atoms. The minimum atomic E-state index is -3.83. The number of allylic oxidation sites excluding steroid dienone is 2. The van der Waals surface area contributed by atoms with Crippen LogP contribution in [0.15, 0.2) is 35.2 Å². The summed E-state index contributed by atoms with van der Waals surface area (Å²) in [6, 6.07) is 4.20. The number of rotatable bonds is 4. The van der Waals surface area contributed by atoms with Gasteiger partial charge in [0.25, 0.3) is 5.69 Å². The van der Waals surface area contributed by atoms with E-state index >= 15 is 0 Å². The predicted molar refractivity (Wildman–Crippen MR) is 100 cm³/mol. The van der Waals surface area contributed by atoms with Crippen LogP contribution in [-0.2, 0) is 14.8 Å². The van der Waals surface area contributed by atoms with Gasteiger partial charge >= 0.3 is 0 Å². The molecular formula is C18H23N3O5S. The maximum Gasteiger partial charge on any atom is 0.270 e. The molecule has 0 bridgehead atoms. The van der Waals surface area contributed by atoms with Gasteiger partial charge in [-0.05, 0) is 30.7 Å². The molecule has 2 unspecified atom stereocenters. The lowest BCUT2D eigenvalue weighted by Crippen LogP contribution is -2.41. The van der Waals surface area contributed by atoms with E-state index in [-0.39, 0.29) is 23.7 Å². The number of non-ortho nitro benzene ring substituents is 1. The molecule has 0 saturated carbocycles. The molecule has 4 rings (SSSR count). The summed E-state index contributed by atoms with van der Waals surface area (Å²) >= 11 is 0. The summed E-state index contributed by atoms with van der Waals surface area (Å²) in [5.41, 5.74) is 0.366. The van der Waals surface area contributed by atoms with Gasteiger partial charge in [0.15, 0.2) is 0 Å². The monoisotopic (exact) mass is 393 g/mol. The lowest BCUT2D eigenvalue weighted by Gasteiger charge is -2.29. The molecule has 2 aliphatic heterocycles. The van der Waals surface area contributed by atoms with Crippen molar-refractivity contribution >= 4 is 21.4 Å². The topological polar surface area (TPSA) is 93.0 Å². The number of sulfonamides is 1. The van der Waals surface area contributed by atoms with E-state index < -0.39 is 14.9 Å². The zero-order valence-corrected chi connectivity index (χ0v) is 15.8. The summed E-state index contributed by atoms with van der Waals surface area (Å²) in [4.78, 5) is 12.8. The molecule has 2 fully saturated rings. The first-order valence-electron chi connectivity index (χ1n) is 9.23. The number of hydrogen-bond acceptors (Lipinski definition) is 6. The molecule has 2 saturated heterocycles. The quantitative estimate of drug-likeness (QED) is 0.441. The normalized spacial score (nSPS) is 26.1. The molecule has 2 heterocycles. The van der Waals surface area contributed by atoms with E-state index in [1.165, 1.54) is 16.4 Å². The first-order chi connectivity index (χ1) is 13.0. The Labute approximate surface area is 158 Å². The van der Waals surface area contributed by atoms with E-state index in [0.717, 1.165) is 25.9 Å². The molecule has 0 N–H and O–H groups in total. The molecule has 1 aliphatic carbocycles. The zero-order valence-electron chi connectivity index (χ0n) is 15.0. The Morgan fingerprint density at radius 3 is 2.30 bits per heavy atom. The number of morpholine rings is 1. The van der Waals surface area contributed by atoms with Gasteiger partial charge in [0.1, 0.15) is 4.90 Å². The largest absolute Gasteiger partial charge is 0.379 e. The van der Waals surface area contributed by atoms with Gasteiger partial charge in [-0.15, -0.1) is 0 Å². The minimum Gasteiger partial charge on any atom is -0.379 e. The van der Waals surface area contributed by atoms with Crippen molar-refractivity contribution in [3.63, 3.8) is 0 Å². The van der Waals surface area contributed by atoms with Crippen LogP contribution in [0.4, 0.5) is 11.4 Å². The van der Waals surface area contributed by atoms with Gasteiger partial charge in [0.2, 0.25) is 10.0 Å². The fourth-order valence-corrected chi connectivity index (χ4v) is 5.86. The maximum atomic E-state index is 13.3. The average Bonchev–Trinajstić information content (AvgIpc) is 3.12. The Hall–Kier alpha value is -1.97. The number of hydrogen-bond donors (Lipinski definition) is 0. The van der Waals surface area contributed by atoms with Crippen molar-refractivity contribution in [1.29, 1.82) is 0 Å². The smallest absolute Gasteiger partial charge is 0.270 e. The molecule has 0 amide bonds. The van der Waals surface area contributed by atoms with Gasteiger partial charge in [0, 0.05) is 38.3 Å². The van der Waals surface area contributed by atoms with Gasteiger partial charge in [0.05, 0.1) is 23.8 Å². The molecule has 1 aromatic rings. The van der Waals surface area contributed by atoms with Crippen molar-refractivity contribution in [3.8, 4) is 0 Å². The number of nitro benzene ring substituents is 1. The standard InChI is InChI=1S/C18H23N3O5S/c22-21(23)16-5-6-17(19-12-14-3-1-2-4-15(14)13-19)18(11-16)27(24,25)20-7-9-26-10-8-20/h1-2,5-6,11,14-15H,3-4,7-10,12-13H2. The Kier molecular flexibility index (Phi) is 4.92. The predicted octanol–water partition coefficient (Wildman–Crippen LogP) is 2.02. The summed E-state index contributed by atoms with van der Waals surface area (Å²) in [5.74, 6) is 1.01. The van der Waals surface area contributed by atoms with E-state index in [9.17, 15) is 18.5 Å². The van der Waals surface area contributed by atoms with Crippen molar-refractivity contribution in [3.05, 3.63) is 40.5 Å². The molecular weight excluding hydrogens is 370 g/mol. The maximum absolute atomic E-state index is 13.3. The van der Waals surface area contributed by atoms with E-state index in [2.05, 4.69) is 17.1 Å². The zero-order chi connectivity index (χ0) is 19.0. The minimum absolute atomic E-state index is 0.0326. The lowest BCUT2D eigenvalue weighted by molar-refractivity contribution is -0.385. The number of fused-ring (bicyclic) bond motifs is 1. The van der Waals surface area contributed by atoms with Crippen molar-refractivity contribution in [2.45, 2.75) is 17.7 Å². The number of nitrogens with zero attached hydrogens (tertiary/aromatic N) is 3. The summed E-state index contributed by atoms with van der Waals surface area (Å²) in [5, 5.41) is 11.2. The van der Waals surface area contributed by atoms with Gasteiger partial charge in [-0.3, -0.25) is 10.1 Å². The first-order valence-corrected chi connectivity index (χ1v) is 10.7. The third kappa shape index (κ3) is 3.46. The van der Waals surface area contributed by atoms with E-state index in [0.29, 0.717) is 30.7 Å². The highest BCUT2D eigenvalue weighted by Crippen LogP contribution is 2.39. The van der Waals surface area contributed by atoms with Crippen molar-refractivity contribution in [1.82, 2.24) is 4.31 Å². The first kappa shape index (κ1) is 18.4. The summed E-state index contributed by atoms with van der Waals surface area (Å²) in [6.07, 6.45) is 6.37. The van der Waals surface area contributed by atoms with Crippen LogP contribution >= 0.6 is 0 Å². The molecule has 0 aromatic heterocycles. The number of anilines is 1. The number of nitro groups is 1. The third-order valence-electron chi connectivity index (χ3n) is 5.70. The van der Waals surface area contributed by atoms with Gasteiger partial charge < -0.3 is 9.64 Å². The average molecular weight is 393 g/mol. The molecule has 146 valence electrons. The fraction of sp³-hybridized carbons (Fsp3) is 0.556. The van der Waals surface area contributed by atoms with Gasteiger partial charge in [-0.2, -0.15) is 4.31 Å². The van der Waals surface area contributed by atoms with Crippen LogP contribution in [0, 0.1) is 22.0 Å². The van der Waals surface area contributed by atoms with Crippen LogP contribution in [0.1, 0.15) is 12.8 Å². The highest BCUT2D eigenvalue weighted by molar-refractivity contribution is 7.89. The van der Waals surface area contributed by atoms with E-state index in [1.54, 1.807) is 6.07 Å². The van der Waals surface area contributed by atoms with Crippen LogP contribution in [0.2, 0.25) is 0 Å². The number of benzene rings is 1. The summed E-state index contributed by atoms with van der Waals surface area (Å²) in [6.45, 7) is 2.75. The van der Waals surface area contributed by atoms with Gasteiger partial charge in [-0.25, -0.2) is 8.42 Å². The van der Waals surface area contributed by atoms with Crippen LogP contribution in [-0.4, -0.2) is 57.0 Å². The van der Waals surface area contributed by atoms with Crippen molar-refractivity contribution in [2.24, 2.45) is 11.8 Å². The molecule has 0 radical (unpaired) electrons. The van der Waals surface area contributed by atoms with Crippen molar-refractivity contribution in [2.75, 3.05) is 44.3 Å². The van der Waals surface area contributed by atoms with Crippen LogP contribution in [0.3, 0.4) is 0 Å². The third-order valence-corrected chi connectivity index (χ3v) is 7.63. The van der Waals surface area contributed by atoms with Crippen LogP contribution < -0.4 is 4.90 Å². The number of ether oxygens (including phenoxy) is 1. The molecule has 3 aliphatic rings. The Morgan fingerprint density at radius 1 is 1.07 bits per heavy atom. The highest BCUT2D eigenvalue weighted by atomic mass is 32.2.